The Labute approximate surface area is 121 Å². The van der Waals surface area contributed by atoms with Gasteiger partial charge in [0, 0.05) is 26.8 Å². The number of hydrogen-bond acceptors (Lipinski definition) is 5. The second-order valence-electron chi connectivity index (χ2n) is 5.49. The first-order chi connectivity index (χ1) is 9.81. The molecule has 1 aromatic heterocycles. The SMILES string of the molecule is CCCNc1cnc(CN2CCC(COC)CC2)cn1. The van der Waals surface area contributed by atoms with E-state index in [1.807, 2.05) is 12.4 Å². The summed E-state index contributed by atoms with van der Waals surface area (Å²) in [5.41, 5.74) is 1.05. The van der Waals surface area contributed by atoms with Crippen molar-refractivity contribution in [2.24, 2.45) is 5.92 Å². The van der Waals surface area contributed by atoms with E-state index in [1.165, 1.54) is 12.8 Å². The lowest BCUT2D eigenvalue weighted by Gasteiger charge is -2.31. The van der Waals surface area contributed by atoms with Gasteiger partial charge in [-0.25, -0.2) is 4.98 Å². The molecule has 0 aliphatic carbocycles. The smallest absolute Gasteiger partial charge is 0.144 e. The highest BCUT2D eigenvalue weighted by atomic mass is 16.5. The van der Waals surface area contributed by atoms with E-state index in [9.17, 15) is 0 Å². The van der Waals surface area contributed by atoms with E-state index in [1.54, 1.807) is 7.11 Å². The predicted octanol–water partition coefficient (Wildman–Crippen LogP) is 2.16. The van der Waals surface area contributed by atoms with Gasteiger partial charge < -0.3 is 10.1 Å². The van der Waals surface area contributed by atoms with E-state index in [0.29, 0.717) is 0 Å². The average molecular weight is 278 g/mol. The number of aromatic nitrogens is 2. The van der Waals surface area contributed by atoms with Crippen molar-refractivity contribution < 1.29 is 4.74 Å². The maximum Gasteiger partial charge on any atom is 0.144 e. The zero-order valence-electron chi connectivity index (χ0n) is 12.6. The Kier molecular flexibility index (Phi) is 6.21. The van der Waals surface area contributed by atoms with Crippen molar-refractivity contribution >= 4 is 5.82 Å². The molecule has 1 aromatic rings. The van der Waals surface area contributed by atoms with Gasteiger partial charge in [-0.15, -0.1) is 0 Å². The van der Waals surface area contributed by atoms with E-state index < -0.39 is 0 Å². The van der Waals surface area contributed by atoms with E-state index in [4.69, 9.17) is 4.74 Å². The molecule has 0 aromatic carbocycles. The standard InChI is InChI=1S/C15H26N4O/c1-3-6-16-15-10-17-14(9-18-15)11-19-7-4-13(5-8-19)12-20-2/h9-10,13H,3-8,11-12H2,1-2H3,(H,16,18). The maximum atomic E-state index is 5.23. The fourth-order valence-electron chi connectivity index (χ4n) is 2.56. The van der Waals surface area contributed by atoms with Crippen LogP contribution in [0.2, 0.25) is 0 Å². The molecule has 2 heterocycles. The first-order valence-corrected chi connectivity index (χ1v) is 7.58. The highest BCUT2D eigenvalue weighted by Crippen LogP contribution is 2.18. The lowest BCUT2D eigenvalue weighted by molar-refractivity contribution is 0.0963. The number of hydrogen-bond donors (Lipinski definition) is 1. The van der Waals surface area contributed by atoms with Crippen LogP contribution < -0.4 is 5.32 Å². The van der Waals surface area contributed by atoms with Gasteiger partial charge in [-0.1, -0.05) is 6.92 Å². The summed E-state index contributed by atoms with van der Waals surface area (Å²) in [4.78, 5) is 11.3. The molecule has 2 rings (SSSR count). The van der Waals surface area contributed by atoms with Crippen molar-refractivity contribution in [1.82, 2.24) is 14.9 Å². The minimum absolute atomic E-state index is 0.725. The van der Waals surface area contributed by atoms with Crippen LogP contribution in [0.3, 0.4) is 0 Å². The number of ether oxygens (including phenoxy) is 1. The summed E-state index contributed by atoms with van der Waals surface area (Å²) in [5.74, 6) is 1.59. The van der Waals surface area contributed by atoms with Gasteiger partial charge in [0.15, 0.2) is 0 Å². The molecule has 1 fully saturated rings. The van der Waals surface area contributed by atoms with E-state index in [2.05, 4.69) is 27.1 Å². The Morgan fingerprint density at radius 2 is 2.10 bits per heavy atom. The van der Waals surface area contributed by atoms with E-state index in [-0.39, 0.29) is 0 Å². The Morgan fingerprint density at radius 3 is 2.70 bits per heavy atom. The molecular formula is C15H26N4O. The predicted molar refractivity (Wildman–Crippen MR) is 80.7 cm³/mol. The van der Waals surface area contributed by atoms with Gasteiger partial charge >= 0.3 is 0 Å². The third-order valence-electron chi connectivity index (χ3n) is 3.76. The topological polar surface area (TPSA) is 50.3 Å². The molecule has 112 valence electrons. The summed E-state index contributed by atoms with van der Waals surface area (Å²) in [6.45, 7) is 7.15. The Hall–Kier alpha value is -1.20. The molecule has 1 saturated heterocycles. The van der Waals surface area contributed by atoms with E-state index >= 15 is 0 Å². The highest BCUT2D eigenvalue weighted by Gasteiger charge is 2.19. The van der Waals surface area contributed by atoms with Crippen molar-refractivity contribution in [3.05, 3.63) is 18.1 Å². The zero-order valence-corrected chi connectivity index (χ0v) is 12.6. The summed E-state index contributed by atoms with van der Waals surface area (Å²) in [6, 6.07) is 0. The molecule has 0 spiro atoms. The molecule has 0 amide bonds. The first kappa shape index (κ1) is 15.2. The van der Waals surface area contributed by atoms with Gasteiger partial charge in [-0.05, 0) is 38.3 Å². The minimum atomic E-state index is 0.725. The summed E-state index contributed by atoms with van der Waals surface area (Å²) in [6.07, 6.45) is 7.26. The van der Waals surface area contributed by atoms with Gasteiger partial charge in [0.25, 0.3) is 0 Å². The first-order valence-electron chi connectivity index (χ1n) is 7.58. The van der Waals surface area contributed by atoms with Crippen LogP contribution in [-0.2, 0) is 11.3 Å². The van der Waals surface area contributed by atoms with Gasteiger partial charge in [0.1, 0.15) is 5.82 Å². The van der Waals surface area contributed by atoms with Crippen LogP contribution in [0.1, 0.15) is 31.9 Å². The summed E-state index contributed by atoms with van der Waals surface area (Å²) >= 11 is 0. The molecule has 20 heavy (non-hydrogen) atoms. The van der Waals surface area contributed by atoms with Crippen molar-refractivity contribution in [3.63, 3.8) is 0 Å². The third kappa shape index (κ3) is 4.72. The fourth-order valence-corrected chi connectivity index (χ4v) is 2.56. The van der Waals surface area contributed by atoms with Gasteiger partial charge in [0.2, 0.25) is 0 Å². The normalized spacial score (nSPS) is 17.3. The van der Waals surface area contributed by atoms with E-state index in [0.717, 1.165) is 56.6 Å². The molecule has 1 aliphatic rings. The number of nitrogens with one attached hydrogen (secondary N) is 1. The Balaban J connectivity index is 1.76. The Morgan fingerprint density at radius 1 is 1.30 bits per heavy atom. The summed E-state index contributed by atoms with van der Waals surface area (Å²) in [5, 5.41) is 3.24. The monoisotopic (exact) mass is 278 g/mol. The van der Waals surface area contributed by atoms with Crippen LogP contribution in [0.5, 0.6) is 0 Å². The van der Waals surface area contributed by atoms with Crippen LogP contribution >= 0.6 is 0 Å². The molecule has 0 radical (unpaired) electrons. The molecular weight excluding hydrogens is 252 g/mol. The molecule has 0 atom stereocenters. The van der Waals surface area contributed by atoms with Crippen LogP contribution in [0.25, 0.3) is 0 Å². The molecule has 0 bridgehead atoms. The lowest BCUT2D eigenvalue weighted by Crippen LogP contribution is -2.34. The summed E-state index contributed by atoms with van der Waals surface area (Å²) in [7, 11) is 1.79. The van der Waals surface area contributed by atoms with Gasteiger partial charge in [-0.3, -0.25) is 9.88 Å². The van der Waals surface area contributed by atoms with Crippen molar-refractivity contribution in [3.8, 4) is 0 Å². The van der Waals surface area contributed by atoms with Crippen molar-refractivity contribution in [2.75, 3.05) is 38.7 Å². The molecule has 1 N–H and O–H groups in total. The van der Waals surface area contributed by atoms with Crippen LogP contribution in [0.4, 0.5) is 5.82 Å². The van der Waals surface area contributed by atoms with Crippen LogP contribution in [0, 0.1) is 5.92 Å². The highest BCUT2D eigenvalue weighted by molar-refractivity contribution is 5.30. The maximum absolute atomic E-state index is 5.23. The second-order valence-corrected chi connectivity index (χ2v) is 5.49. The molecule has 0 saturated carbocycles. The lowest BCUT2D eigenvalue weighted by atomic mass is 9.98. The second kappa shape index (κ2) is 8.17. The molecule has 1 aliphatic heterocycles. The zero-order chi connectivity index (χ0) is 14.2. The number of likely N-dealkylation sites (tertiary alicyclic amines) is 1. The molecule has 5 nitrogen and oxygen atoms in total. The molecule has 5 heteroatoms. The minimum Gasteiger partial charge on any atom is -0.384 e. The van der Waals surface area contributed by atoms with Gasteiger partial charge in [0.05, 0.1) is 18.1 Å². The number of nitrogens with zero attached hydrogens (tertiary/aromatic N) is 3. The van der Waals surface area contributed by atoms with Crippen LogP contribution in [-0.4, -0.2) is 48.2 Å². The third-order valence-corrected chi connectivity index (χ3v) is 3.76. The van der Waals surface area contributed by atoms with Crippen LogP contribution in [0.15, 0.2) is 12.4 Å². The quantitative estimate of drug-likeness (QED) is 0.828. The number of rotatable bonds is 7. The Bertz CT molecular complexity index is 374. The van der Waals surface area contributed by atoms with Crippen molar-refractivity contribution in [1.29, 1.82) is 0 Å². The average Bonchev–Trinajstić information content (AvgIpc) is 2.49. The van der Waals surface area contributed by atoms with Gasteiger partial charge in [-0.2, -0.15) is 0 Å². The largest absolute Gasteiger partial charge is 0.384 e. The molecule has 0 unspecified atom stereocenters. The fraction of sp³-hybridized carbons (Fsp3) is 0.733. The number of piperidine rings is 1. The number of anilines is 1. The van der Waals surface area contributed by atoms with Crippen molar-refractivity contribution in [2.45, 2.75) is 32.7 Å². The number of methoxy groups -OCH3 is 1. The summed E-state index contributed by atoms with van der Waals surface area (Å²) < 4.78 is 5.23.